The molecule has 1 aromatic heterocycles. The molecular formula is C28H37N5O3. The van der Waals surface area contributed by atoms with Gasteiger partial charge in [0.15, 0.2) is 0 Å². The fraction of sp³-hybridized carbons (Fsp3) is 0.393. The van der Waals surface area contributed by atoms with Gasteiger partial charge in [0.05, 0.1) is 24.2 Å². The topological polar surface area (TPSA) is 88.5 Å². The normalized spacial score (nSPS) is 11.3. The van der Waals surface area contributed by atoms with Crippen molar-refractivity contribution in [1.82, 2.24) is 14.7 Å². The molecule has 8 heteroatoms. The lowest BCUT2D eigenvalue weighted by molar-refractivity contribution is -0.116. The molecular weight excluding hydrogens is 454 g/mol. The SMILES string of the molecule is COc1ccccc1NC(=O)N(CC(=O)Nc1cc(C(C)(C)C)nn1-c1ccccc1C)CC(C)C. The molecule has 3 rings (SSSR count). The minimum absolute atomic E-state index is 0.108. The zero-order valence-corrected chi connectivity index (χ0v) is 22.3. The third-order valence-corrected chi connectivity index (χ3v) is 5.64. The lowest BCUT2D eigenvalue weighted by Crippen LogP contribution is -2.42. The quantitative estimate of drug-likeness (QED) is 0.428. The van der Waals surface area contributed by atoms with Crippen LogP contribution in [0.1, 0.15) is 45.9 Å². The van der Waals surface area contributed by atoms with E-state index in [-0.39, 0.29) is 29.8 Å². The molecule has 3 amide bonds. The Labute approximate surface area is 213 Å². The van der Waals surface area contributed by atoms with Gasteiger partial charge >= 0.3 is 6.03 Å². The van der Waals surface area contributed by atoms with E-state index < -0.39 is 0 Å². The number of carbonyl (C=O) groups is 2. The van der Waals surface area contributed by atoms with Gasteiger partial charge in [-0.15, -0.1) is 0 Å². The number of benzene rings is 2. The Hall–Kier alpha value is -3.81. The summed E-state index contributed by atoms with van der Waals surface area (Å²) in [5, 5.41) is 10.7. The molecule has 36 heavy (non-hydrogen) atoms. The predicted octanol–water partition coefficient (Wildman–Crippen LogP) is 5.62. The number of hydrogen-bond donors (Lipinski definition) is 2. The van der Waals surface area contributed by atoms with Crippen molar-refractivity contribution in [2.24, 2.45) is 5.92 Å². The molecule has 2 N–H and O–H groups in total. The maximum Gasteiger partial charge on any atom is 0.322 e. The molecule has 192 valence electrons. The van der Waals surface area contributed by atoms with Gasteiger partial charge in [0.2, 0.25) is 5.91 Å². The highest BCUT2D eigenvalue weighted by Gasteiger charge is 2.24. The first-order chi connectivity index (χ1) is 17.0. The van der Waals surface area contributed by atoms with Crippen molar-refractivity contribution in [2.45, 2.75) is 47.0 Å². The summed E-state index contributed by atoms with van der Waals surface area (Å²) >= 11 is 0. The van der Waals surface area contributed by atoms with E-state index in [4.69, 9.17) is 9.84 Å². The number of hydrogen-bond acceptors (Lipinski definition) is 4. The summed E-state index contributed by atoms with van der Waals surface area (Å²) in [6.07, 6.45) is 0. The third kappa shape index (κ3) is 6.65. The van der Waals surface area contributed by atoms with E-state index in [1.165, 1.54) is 4.90 Å². The highest BCUT2D eigenvalue weighted by molar-refractivity contribution is 5.97. The van der Waals surface area contributed by atoms with Crippen LogP contribution in [0, 0.1) is 12.8 Å². The van der Waals surface area contributed by atoms with Crippen molar-refractivity contribution in [3.05, 3.63) is 65.9 Å². The Morgan fingerprint density at radius 1 is 1.06 bits per heavy atom. The summed E-state index contributed by atoms with van der Waals surface area (Å²) in [6, 6.07) is 16.6. The number of nitrogens with zero attached hydrogens (tertiary/aromatic N) is 3. The van der Waals surface area contributed by atoms with E-state index in [0.29, 0.717) is 23.8 Å². The number of methoxy groups -OCH3 is 1. The largest absolute Gasteiger partial charge is 0.495 e. The summed E-state index contributed by atoms with van der Waals surface area (Å²) in [7, 11) is 1.55. The monoisotopic (exact) mass is 491 g/mol. The van der Waals surface area contributed by atoms with E-state index in [1.54, 1.807) is 23.9 Å². The predicted molar refractivity (Wildman–Crippen MR) is 144 cm³/mol. The van der Waals surface area contributed by atoms with Crippen molar-refractivity contribution in [2.75, 3.05) is 30.8 Å². The standard InChI is InChI=1S/C28H37N5O3/c1-19(2)17-32(27(35)29-21-13-9-11-15-23(21)36-7)18-26(34)30-25-16-24(28(4,5)6)31-33(25)22-14-10-8-12-20(22)3/h8-16,19H,17-18H2,1-7H3,(H,29,35)(H,30,34). The van der Waals surface area contributed by atoms with Gasteiger partial charge in [-0.05, 0) is 36.6 Å². The number of nitrogens with one attached hydrogen (secondary N) is 2. The lowest BCUT2D eigenvalue weighted by Gasteiger charge is -2.25. The van der Waals surface area contributed by atoms with Gasteiger partial charge in [-0.25, -0.2) is 9.48 Å². The number of ether oxygens (including phenoxy) is 1. The van der Waals surface area contributed by atoms with Gasteiger partial charge in [0.1, 0.15) is 18.1 Å². The van der Waals surface area contributed by atoms with Crippen LogP contribution in [0.4, 0.5) is 16.3 Å². The number of amides is 3. The van der Waals surface area contributed by atoms with Gasteiger partial charge in [-0.2, -0.15) is 5.10 Å². The van der Waals surface area contributed by atoms with Crippen LogP contribution in [-0.4, -0.2) is 46.8 Å². The molecule has 0 aliphatic heterocycles. The van der Waals surface area contributed by atoms with Gasteiger partial charge < -0.3 is 20.3 Å². The second-order valence-corrected chi connectivity index (χ2v) is 10.3. The molecule has 0 spiro atoms. The summed E-state index contributed by atoms with van der Waals surface area (Å²) < 4.78 is 7.10. The first-order valence-electron chi connectivity index (χ1n) is 12.1. The fourth-order valence-electron chi connectivity index (χ4n) is 3.78. The van der Waals surface area contributed by atoms with Gasteiger partial charge in [0, 0.05) is 18.0 Å². The van der Waals surface area contributed by atoms with Crippen molar-refractivity contribution in [1.29, 1.82) is 0 Å². The Balaban J connectivity index is 1.84. The van der Waals surface area contributed by atoms with Crippen LogP contribution in [0.25, 0.3) is 5.69 Å². The maximum atomic E-state index is 13.2. The molecule has 1 heterocycles. The van der Waals surface area contributed by atoms with Crippen LogP contribution in [0.2, 0.25) is 0 Å². The van der Waals surface area contributed by atoms with Crippen LogP contribution >= 0.6 is 0 Å². The average molecular weight is 492 g/mol. The van der Waals surface area contributed by atoms with Crippen LogP contribution < -0.4 is 15.4 Å². The molecule has 0 aliphatic carbocycles. The molecule has 0 unspecified atom stereocenters. The number of carbonyl (C=O) groups excluding carboxylic acids is 2. The zero-order valence-electron chi connectivity index (χ0n) is 22.3. The highest BCUT2D eigenvalue weighted by atomic mass is 16.5. The van der Waals surface area contributed by atoms with E-state index in [2.05, 4.69) is 31.4 Å². The van der Waals surface area contributed by atoms with Crippen LogP contribution in [0.5, 0.6) is 5.75 Å². The molecule has 0 radical (unpaired) electrons. The van der Waals surface area contributed by atoms with E-state index >= 15 is 0 Å². The average Bonchev–Trinajstić information content (AvgIpc) is 3.23. The minimum Gasteiger partial charge on any atom is -0.495 e. The number of rotatable bonds is 8. The number of aromatic nitrogens is 2. The summed E-state index contributed by atoms with van der Waals surface area (Å²) in [6.45, 7) is 12.6. The molecule has 0 bridgehead atoms. The van der Waals surface area contributed by atoms with Crippen LogP contribution in [0.15, 0.2) is 54.6 Å². The molecule has 0 aliphatic rings. The molecule has 0 saturated heterocycles. The molecule has 0 atom stereocenters. The van der Waals surface area contributed by atoms with Crippen LogP contribution in [-0.2, 0) is 10.2 Å². The minimum atomic E-state index is -0.369. The van der Waals surface area contributed by atoms with Gasteiger partial charge in [0.25, 0.3) is 0 Å². The second kappa shape index (κ2) is 11.3. The van der Waals surface area contributed by atoms with Crippen molar-refractivity contribution < 1.29 is 14.3 Å². The first kappa shape index (κ1) is 26.8. The summed E-state index contributed by atoms with van der Waals surface area (Å²) in [4.78, 5) is 27.9. The summed E-state index contributed by atoms with van der Waals surface area (Å²) in [5.41, 5.74) is 3.12. The molecule has 0 fully saturated rings. The Bertz CT molecular complexity index is 1210. The second-order valence-electron chi connectivity index (χ2n) is 10.3. The smallest absolute Gasteiger partial charge is 0.322 e. The number of urea groups is 1. The van der Waals surface area contributed by atoms with Crippen molar-refractivity contribution in [3.63, 3.8) is 0 Å². The van der Waals surface area contributed by atoms with E-state index in [0.717, 1.165) is 16.9 Å². The molecule has 8 nitrogen and oxygen atoms in total. The fourth-order valence-corrected chi connectivity index (χ4v) is 3.78. The Morgan fingerprint density at radius 2 is 1.72 bits per heavy atom. The van der Waals surface area contributed by atoms with Crippen molar-refractivity contribution in [3.8, 4) is 11.4 Å². The molecule has 0 saturated carbocycles. The molecule has 2 aromatic carbocycles. The van der Waals surface area contributed by atoms with Crippen molar-refractivity contribution >= 4 is 23.4 Å². The lowest BCUT2D eigenvalue weighted by atomic mass is 9.92. The Kier molecular flexibility index (Phi) is 8.40. The highest BCUT2D eigenvalue weighted by Crippen LogP contribution is 2.28. The van der Waals surface area contributed by atoms with E-state index in [9.17, 15) is 9.59 Å². The van der Waals surface area contributed by atoms with E-state index in [1.807, 2.05) is 63.2 Å². The zero-order chi connectivity index (χ0) is 26.5. The molecule has 3 aromatic rings. The van der Waals surface area contributed by atoms with Gasteiger partial charge in [-0.1, -0.05) is 65.0 Å². The number of anilines is 2. The number of para-hydroxylation sites is 3. The Morgan fingerprint density at radius 3 is 2.36 bits per heavy atom. The van der Waals surface area contributed by atoms with Crippen LogP contribution in [0.3, 0.4) is 0 Å². The third-order valence-electron chi connectivity index (χ3n) is 5.64. The number of aryl methyl sites for hydroxylation is 1. The van der Waals surface area contributed by atoms with Gasteiger partial charge in [-0.3, -0.25) is 4.79 Å². The maximum absolute atomic E-state index is 13.2. The first-order valence-corrected chi connectivity index (χ1v) is 12.1. The summed E-state index contributed by atoms with van der Waals surface area (Å²) in [5.74, 6) is 0.984.